The van der Waals surface area contributed by atoms with Crippen molar-refractivity contribution in [3.63, 3.8) is 0 Å². The number of benzene rings is 3. The number of amides is 1. The van der Waals surface area contributed by atoms with E-state index in [1.165, 1.54) is 19.3 Å². The minimum atomic E-state index is -0.631. The van der Waals surface area contributed by atoms with Crippen LogP contribution in [-0.2, 0) is 4.79 Å². The van der Waals surface area contributed by atoms with Crippen molar-refractivity contribution in [1.29, 1.82) is 5.26 Å². The summed E-state index contributed by atoms with van der Waals surface area (Å²) in [4.78, 5) is 25.3. The van der Waals surface area contributed by atoms with Crippen molar-refractivity contribution in [3.8, 4) is 23.3 Å². The number of nitrogens with one attached hydrogen (secondary N) is 1. The Morgan fingerprint density at radius 3 is 2.51 bits per heavy atom. The molecule has 0 aliphatic carbocycles. The van der Waals surface area contributed by atoms with Gasteiger partial charge in [-0.2, -0.15) is 5.26 Å². The predicted octanol–water partition coefficient (Wildman–Crippen LogP) is 6.12. The van der Waals surface area contributed by atoms with Gasteiger partial charge in [0.05, 0.1) is 24.3 Å². The maximum atomic E-state index is 12.6. The number of hydrogen-bond acceptors (Lipinski definition) is 6. The van der Waals surface area contributed by atoms with Crippen LogP contribution in [0.2, 0.25) is 5.02 Å². The lowest BCUT2D eigenvalue weighted by Gasteiger charge is -2.14. The van der Waals surface area contributed by atoms with E-state index in [0.29, 0.717) is 22.6 Å². The Morgan fingerprint density at radius 2 is 1.89 bits per heavy atom. The molecule has 3 rings (SSSR count). The van der Waals surface area contributed by atoms with E-state index in [1.807, 2.05) is 12.1 Å². The number of esters is 1. The average molecular weight is 603 g/mol. The summed E-state index contributed by atoms with van der Waals surface area (Å²) in [5.41, 5.74) is 1.16. The van der Waals surface area contributed by atoms with Crippen molar-refractivity contribution in [2.75, 3.05) is 19.0 Å². The van der Waals surface area contributed by atoms with Gasteiger partial charge in [-0.05, 0) is 95.8 Å². The van der Waals surface area contributed by atoms with E-state index in [1.54, 1.807) is 55.5 Å². The molecule has 0 spiro atoms. The first kappa shape index (κ1) is 26.1. The standard InChI is InChI=1S/C26H20ClIN2O5/c1-3-34-23-13-16(11-18(15-29)25(31)30-20-6-4-5-19(28)14-20)12-22(27)24(23)35-26(32)17-7-9-21(33-2)10-8-17/h4-14H,3H2,1-2H3,(H,30,31)/b18-11+. The second-order valence-corrected chi connectivity index (χ2v) is 8.67. The molecule has 9 heteroatoms. The first-order valence-electron chi connectivity index (χ1n) is 10.4. The number of hydrogen-bond donors (Lipinski definition) is 1. The molecule has 0 radical (unpaired) electrons. The second-order valence-electron chi connectivity index (χ2n) is 7.02. The topological polar surface area (TPSA) is 97.6 Å². The van der Waals surface area contributed by atoms with Gasteiger partial charge in [-0.25, -0.2) is 4.79 Å². The molecule has 35 heavy (non-hydrogen) atoms. The van der Waals surface area contributed by atoms with Crippen molar-refractivity contribution >= 4 is 57.8 Å². The fourth-order valence-electron chi connectivity index (χ4n) is 2.99. The molecule has 0 saturated heterocycles. The van der Waals surface area contributed by atoms with Gasteiger partial charge < -0.3 is 19.5 Å². The van der Waals surface area contributed by atoms with Crippen LogP contribution < -0.4 is 19.5 Å². The SMILES string of the molecule is CCOc1cc(/C=C(\C#N)C(=O)Nc2cccc(I)c2)cc(Cl)c1OC(=O)c1ccc(OC)cc1. The Morgan fingerprint density at radius 1 is 1.14 bits per heavy atom. The third kappa shape index (κ3) is 6.97. The van der Waals surface area contributed by atoms with Crippen LogP contribution in [0.4, 0.5) is 5.69 Å². The number of methoxy groups -OCH3 is 1. The Kier molecular flexibility index (Phi) is 9.11. The normalized spacial score (nSPS) is 10.8. The van der Waals surface area contributed by atoms with E-state index in [4.69, 9.17) is 25.8 Å². The van der Waals surface area contributed by atoms with Crippen LogP contribution in [0, 0.1) is 14.9 Å². The smallest absolute Gasteiger partial charge is 0.343 e. The highest BCUT2D eigenvalue weighted by molar-refractivity contribution is 14.1. The molecule has 1 amide bonds. The Labute approximate surface area is 221 Å². The summed E-state index contributed by atoms with van der Waals surface area (Å²) < 4.78 is 17.2. The van der Waals surface area contributed by atoms with Crippen LogP contribution >= 0.6 is 34.2 Å². The monoisotopic (exact) mass is 602 g/mol. The summed E-state index contributed by atoms with van der Waals surface area (Å²) in [5.74, 6) is -0.367. The molecule has 0 fully saturated rings. The number of nitrogens with zero attached hydrogens (tertiary/aromatic N) is 1. The van der Waals surface area contributed by atoms with E-state index in [9.17, 15) is 14.9 Å². The van der Waals surface area contributed by atoms with E-state index in [2.05, 4.69) is 27.9 Å². The highest BCUT2D eigenvalue weighted by Crippen LogP contribution is 2.38. The lowest BCUT2D eigenvalue weighted by atomic mass is 10.1. The van der Waals surface area contributed by atoms with E-state index in [0.717, 1.165) is 3.57 Å². The molecular weight excluding hydrogens is 583 g/mol. The number of halogens is 2. The molecule has 0 aliphatic rings. The van der Waals surface area contributed by atoms with Gasteiger partial charge in [-0.3, -0.25) is 4.79 Å². The average Bonchev–Trinajstić information content (AvgIpc) is 2.84. The number of carbonyl (C=O) groups excluding carboxylic acids is 2. The van der Waals surface area contributed by atoms with Crippen molar-refractivity contribution in [2.45, 2.75) is 6.92 Å². The summed E-state index contributed by atoms with van der Waals surface area (Å²) in [7, 11) is 1.53. The van der Waals surface area contributed by atoms with Crippen molar-refractivity contribution in [1.82, 2.24) is 0 Å². The van der Waals surface area contributed by atoms with Gasteiger partial charge in [0.2, 0.25) is 0 Å². The highest BCUT2D eigenvalue weighted by atomic mass is 127. The predicted molar refractivity (Wildman–Crippen MR) is 142 cm³/mol. The fraction of sp³-hybridized carbons (Fsp3) is 0.115. The van der Waals surface area contributed by atoms with Crippen LogP contribution in [0.15, 0.2) is 66.2 Å². The summed E-state index contributed by atoms with van der Waals surface area (Å²) in [6, 6.07) is 18.5. The molecule has 0 unspecified atom stereocenters. The van der Waals surface area contributed by atoms with Gasteiger partial charge in [0.1, 0.15) is 17.4 Å². The second kappa shape index (κ2) is 12.2. The quantitative estimate of drug-likeness (QED) is 0.110. The lowest BCUT2D eigenvalue weighted by Crippen LogP contribution is -2.13. The maximum absolute atomic E-state index is 12.6. The first-order chi connectivity index (χ1) is 16.8. The van der Waals surface area contributed by atoms with Crippen molar-refractivity contribution in [2.24, 2.45) is 0 Å². The van der Waals surface area contributed by atoms with Crippen LogP contribution in [0.25, 0.3) is 6.08 Å². The molecular formula is C26H20ClIN2O5. The number of nitriles is 1. The lowest BCUT2D eigenvalue weighted by molar-refractivity contribution is -0.112. The fourth-order valence-corrected chi connectivity index (χ4v) is 3.79. The zero-order valence-electron chi connectivity index (χ0n) is 18.8. The van der Waals surface area contributed by atoms with Gasteiger partial charge in [0.25, 0.3) is 5.91 Å². The number of carbonyl (C=O) groups is 2. The molecule has 1 N–H and O–H groups in total. The minimum Gasteiger partial charge on any atom is -0.497 e. The van der Waals surface area contributed by atoms with Gasteiger partial charge in [0.15, 0.2) is 11.5 Å². The number of rotatable bonds is 8. The van der Waals surface area contributed by atoms with E-state index in [-0.39, 0.29) is 28.7 Å². The van der Waals surface area contributed by atoms with Crippen LogP contribution in [0.1, 0.15) is 22.8 Å². The van der Waals surface area contributed by atoms with Gasteiger partial charge in [-0.15, -0.1) is 0 Å². The third-order valence-electron chi connectivity index (χ3n) is 4.61. The van der Waals surface area contributed by atoms with Gasteiger partial charge in [0, 0.05) is 9.26 Å². The van der Waals surface area contributed by atoms with Crippen LogP contribution in [-0.4, -0.2) is 25.6 Å². The largest absolute Gasteiger partial charge is 0.497 e. The highest BCUT2D eigenvalue weighted by Gasteiger charge is 2.18. The molecule has 0 aliphatic heterocycles. The zero-order valence-corrected chi connectivity index (χ0v) is 21.7. The summed E-state index contributed by atoms with van der Waals surface area (Å²) in [6.45, 7) is 2.04. The first-order valence-corrected chi connectivity index (χ1v) is 11.8. The van der Waals surface area contributed by atoms with Crippen LogP contribution in [0.3, 0.4) is 0 Å². The Bertz CT molecular complexity index is 1320. The Balaban J connectivity index is 1.87. The summed E-state index contributed by atoms with van der Waals surface area (Å²) in [6.07, 6.45) is 1.38. The zero-order chi connectivity index (χ0) is 25.4. The molecule has 178 valence electrons. The van der Waals surface area contributed by atoms with E-state index >= 15 is 0 Å². The summed E-state index contributed by atoms with van der Waals surface area (Å²) in [5, 5.41) is 12.3. The molecule has 0 aromatic heterocycles. The molecule has 0 heterocycles. The minimum absolute atomic E-state index is 0.0355. The maximum Gasteiger partial charge on any atom is 0.343 e. The van der Waals surface area contributed by atoms with Gasteiger partial charge >= 0.3 is 5.97 Å². The molecule has 0 bridgehead atoms. The third-order valence-corrected chi connectivity index (χ3v) is 5.56. The van der Waals surface area contributed by atoms with E-state index < -0.39 is 11.9 Å². The molecule has 3 aromatic carbocycles. The number of anilines is 1. The molecule has 7 nitrogen and oxygen atoms in total. The van der Waals surface area contributed by atoms with Gasteiger partial charge in [-0.1, -0.05) is 17.7 Å². The van der Waals surface area contributed by atoms with Crippen molar-refractivity contribution < 1.29 is 23.8 Å². The Hall–Kier alpha value is -3.55. The number of ether oxygens (including phenoxy) is 3. The molecule has 0 saturated carbocycles. The van der Waals surface area contributed by atoms with Crippen LogP contribution in [0.5, 0.6) is 17.2 Å². The molecule has 0 atom stereocenters. The van der Waals surface area contributed by atoms with Crippen molar-refractivity contribution in [3.05, 3.63) is 86.0 Å². The molecule has 3 aromatic rings. The summed E-state index contributed by atoms with van der Waals surface area (Å²) >= 11 is 8.54.